The molecule has 1 aliphatic heterocycles. The number of benzene rings is 2. The van der Waals surface area contributed by atoms with Gasteiger partial charge in [0.1, 0.15) is 24.1 Å². The topological polar surface area (TPSA) is 113 Å². The normalized spacial score (nSPS) is 22.7. The Morgan fingerprint density at radius 2 is 1.97 bits per heavy atom. The van der Waals surface area contributed by atoms with Crippen LogP contribution in [0.5, 0.6) is 0 Å². The van der Waals surface area contributed by atoms with E-state index in [9.17, 15) is 13.2 Å². The van der Waals surface area contributed by atoms with Gasteiger partial charge in [-0.05, 0) is 25.1 Å². The lowest BCUT2D eigenvalue weighted by Gasteiger charge is -2.38. The third-order valence-electron chi connectivity index (χ3n) is 5.97. The quantitative estimate of drug-likeness (QED) is 0.292. The smallest absolute Gasteiger partial charge is 0.384 e. The second-order valence-corrected chi connectivity index (χ2v) is 9.02. The molecule has 0 amide bonds. The van der Waals surface area contributed by atoms with Crippen LogP contribution >= 0.6 is 11.6 Å². The van der Waals surface area contributed by atoms with Crippen molar-refractivity contribution in [3.05, 3.63) is 76.5 Å². The van der Waals surface area contributed by atoms with Crippen molar-refractivity contribution < 1.29 is 32.1 Å². The minimum Gasteiger partial charge on any atom is -0.384 e. The molecule has 0 aromatic heterocycles. The van der Waals surface area contributed by atoms with Gasteiger partial charge in [-0.25, -0.2) is 0 Å². The minimum atomic E-state index is -4.65. The van der Waals surface area contributed by atoms with Gasteiger partial charge in [-0.2, -0.15) is 13.2 Å². The maximum absolute atomic E-state index is 13.8. The van der Waals surface area contributed by atoms with Crippen LogP contribution in [0.2, 0.25) is 5.02 Å². The molecule has 0 spiro atoms. The number of nitrogens with zero attached hydrogens (tertiary/aromatic N) is 1. The van der Waals surface area contributed by atoms with Gasteiger partial charge in [-0.15, -0.1) is 0 Å². The van der Waals surface area contributed by atoms with Crippen molar-refractivity contribution in [3.63, 3.8) is 0 Å². The molecule has 208 valence electrons. The summed E-state index contributed by atoms with van der Waals surface area (Å²) in [4.78, 5) is 3.91. The highest BCUT2D eigenvalue weighted by Gasteiger charge is 2.38. The lowest BCUT2D eigenvalue weighted by atomic mass is 10.1. The molecule has 1 heterocycles. The SMILES string of the molecule is CN=C(N)/C=C(\Nc1cc(Cl)ccc1C(F)(F)F)C(OC1COC(c2ccccc2)OC1C)[C@H](CN)OC. The summed E-state index contributed by atoms with van der Waals surface area (Å²) >= 11 is 6.03. The molecule has 2 aromatic carbocycles. The van der Waals surface area contributed by atoms with Crippen molar-refractivity contribution in [2.24, 2.45) is 16.5 Å². The molecule has 0 aliphatic carbocycles. The van der Waals surface area contributed by atoms with E-state index in [-0.39, 0.29) is 35.4 Å². The van der Waals surface area contributed by atoms with Crippen LogP contribution in [0.1, 0.15) is 24.3 Å². The van der Waals surface area contributed by atoms with E-state index in [2.05, 4.69) is 10.3 Å². The molecule has 5 N–H and O–H groups in total. The number of anilines is 1. The molecule has 4 unspecified atom stereocenters. The molecule has 38 heavy (non-hydrogen) atoms. The summed E-state index contributed by atoms with van der Waals surface area (Å²) < 4.78 is 65.2. The standard InChI is InChI=1S/C26H32ClF3N4O4/c1-15-22(14-36-25(37-15)16-7-5-4-6-8-16)38-24(21(13-31)35-3)20(12-23(32)33-2)34-19-11-17(27)9-10-18(19)26(28,29)30/h4-12,15,21-22,24-25,34H,13-14,31H2,1-3H3,(H2,32,33)/b20-12-/t15?,21-,22?,24?,25?/m0/s1. The van der Waals surface area contributed by atoms with Gasteiger partial charge in [0.2, 0.25) is 0 Å². The zero-order valence-electron chi connectivity index (χ0n) is 21.2. The van der Waals surface area contributed by atoms with Crippen molar-refractivity contribution in [1.29, 1.82) is 0 Å². The van der Waals surface area contributed by atoms with E-state index in [0.29, 0.717) is 0 Å². The van der Waals surface area contributed by atoms with Crippen LogP contribution in [0.4, 0.5) is 18.9 Å². The average molecular weight is 557 g/mol. The molecule has 8 nitrogen and oxygen atoms in total. The number of nitrogens with one attached hydrogen (secondary N) is 1. The maximum atomic E-state index is 13.8. The van der Waals surface area contributed by atoms with Crippen LogP contribution in [-0.2, 0) is 25.1 Å². The lowest BCUT2D eigenvalue weighted by molar-refractivity contribution is -0.270. The molecule has 12 heteroatoms. The first-order valence-corrected chi connectivity index (χ1v) is 12.2. The second-order valence-electron chi connectivity index (χ2n) is 8.58. The van der Waals surface area contributed by atoms with E-state index in [1.54, 1.807) is 0 Å². The number of hydrogen-bond acceptors (Lipinski definition) is 7. The number of alkyl halides is 3. The van der Waals surface area contributed by atoms with Gasteiger partial charge in [-0.3, -0.25) is 4.99 Å². The largest absolute Gasteiger partial charge is 0.418 e. The minimum absolute atomic E-state index is 0.0134. The fourth-order valence-corrected chi connectivity index (χ4v) is 4.08. The highest BCUT2D eigenvalue weighted by Crippen LogP contribution is 2.37. The van der Waals surface area contributed by atoms with Crippen LogP contribution in [0, 0.1) is 0 Å². The van der Waals surface area contributed by atoms with Gasteiger partial charge in [0.15, 0.2) is 6.29 Å². The van der Waals surface area contributed by atoms with E-state index >= 15 is 0 Å². The predicted octanol–water partition coefficient (Wildman–Crippen LogP) is 4.50. The van der Waals surface area contributed by atoms with Crippen molar-refractivity contribution in [2.75, 3.05) is 32.6 Å². The monoisotopic (exact) mass is 556 g/mol. The molecule has 1 aliphatic rings. The van der Waals surface area contributed by atoms with Crippen molar-refractivity contribution in [2.45, 2.75) is 43.8 Å². The van der Waals surface area contributed by atoms with E-state index in [1.165, 1.54) is 26.3 Å². The zero-order chi connectivity index (χ0) is 27.9. The number of hydrogen-bond donors (Lipinski definition) is 3. The Hall–Kier alpha value is -2.67. The molecule has 2 aromatic rings. The fourth-order valence-electron chi connectivity index (χ4n) is 3.90. The maximum Gasteiger partial charge on any atom is 0.418 e. The van der Waals surface area contributed by atoms with E-state index in [1.807, 2.05) is 37.3 Å². The molecule has 0 saturated carbocycles. The van der Waals surface area contributed by atoms with Gasteiger partial charge in [0.05, 0.1) is 29.7 Å². The molecule has 5 atom stereocenters. The average Bonchev–Trinajstić information content (AvgIpc) is 2.89. The Morgan fingerprint density at radius 3 is 2.55 bits per heavy atom. The summed E-state index contributed by atoms with van der Waals surface area (Å²) in [6.45, 7) is 1.95. The number of aliphatic imine (C=N–C) groups is 1. The van der Waals surface area contributed by atoms with Gasteiger partial charge in [0, 0.05) is 37.4 Å². The summed E-state index contributed by atoms with van der Waals surface area (Å²) in [5.74, 6) is 0.0388. The lowest BCUT2D eigenvalue weighted by Crippen LogP contribution is -2.48. The molecule has 3 rings (SSSR count). The van der Waals surface area contributed by atoms with Gasteiger partial charge in [-0.1, -0.05) is 41.9 Å². The Bertz CT molecular complexity index is 1110. The first-order chi connectivity index (χ1) is 18.1. The highest BCUT2D eigenvalue weighted by molar-refractivity contribution is 6.30. The van der Waals surface area contributed by atoms with Crippen LogP contribution in [0.3, 0.4) is 0 Å². The molecule has 1 saturated heterocycles. The summed E-state index contributed by atoms with van der Waals surface area (Å²) in [6, 6.07) is 12.6. The Kier molecular flexibility index (Phi) is 10.5. The fraction of sp³-hybridized carbons (Fsp3) is 0.423. The summed E-state index contributed by atoms with van der Waals surface area (Å²) in [7, 11) is 2.87. The van der Waals surface area contributed by atoms with Crippen molar-refractivity contribution in [3.8, 4) is 0 Å². The number of ether oxygens (including phenoxy) is 4. The first kappa shape index (κ1) is 29.9. The molecule has 0 radical (unpaired) electrons. The van der Waals surface area contributed by atoms with Crippen LogP contribution in [-0.4, -0.2) is 57.6 Å². The molecule has 0 bridgehead atoms. The molecular weight excluding hydrogens is 525 g/mol. The summed E-state index contributed by atoms with van der Waals surface area (Å²) in [5.41, 5.74) is 11.7. The zero-order valence-corrected chi connectivity index (χ0v) is 22.0. The second kappa shape index (κ2) is 13.4. The number of amidine groups is 1. The summed E-state index contributed by atoms with van der Waals surface area (Å²) in [5, 5.41) is 2.91. The number of methoxy groups -OCH3 is 1. The number of rotatable bonds is 10. The Balaban J connectivity index is 1.94. The van der Waals surface area contributed by atoms with Gasteiger partial charge < -0.3 is 35.7 Å². The van der Waals surface area contributed by atoms with Crippen LogP contribution < -0.4 is 16.8 Å². The van der Waals surface area contributed by atoms with Crippen molar-refractivity contribution >= 4 is 23.1 Å². The Morgan fingerprint density at radius 1 is 1.26 bits per heavy atom. The molecular formula is C26H32ClF3N4O4. The van der Waals surface area contributed by atoms with E-state index < -0.39 is 42.4 Å². The van der Waals surface area contributed by atoms with Crippen molar-refractivity contribution in [1.82, 2.24) is 0 Å². The van der Waals surface area contributed by atoms with E-state index in [0.717, 1.165) is 17.7 Å². The third kappa shape index (κ3) is 7.68. The van der Waals surface area contributed by atoms with Gasteiger partial charge >= 0.3 is 6.18 Å². The number of nitrogens with two attached hydrogens (primary N) is 2. The number of halogens is 4. The Labute approximate surface area is 224 Å². The predicted molar refractivity (Wildman–Crippen MR) is 140 cm³/mol. The molecule has 1 fully saturated rings. The third-order valence-corrected chi connectivity index (χ3v) is 6.21. The summed E-state index contributed by atoms with van der Waals surface area (Å²) in [6.07, 6.45) is -6.70. The van der Waals surface area contributed by atoms with Crippen LogP contribution in [0.15, 0.2) is 65.3 Å². The van der Waals surface area contributed by atoms with Gasteiger partial charge in [0.25, 0.3) is 0 Å². The first-order valence-electron chi connectivity index (χ1n) is 11.8. The van der Waals surface area contributed by atoms with E-state index in [4.69, 9.17) is 42.0 Å². The van der Waals surface area contributed by atoms with Crippen LogP contribution in [0.25, 0.3) is 0 Å². The highest BCUT2D eigenvalue weighted by atomic mass is 35.5.